The van der Waals surface area contributed by atoms with E-state index in [9.17, 15) is 0 Å². The van der Waals surface area contributed by atoms with Crippen molar-refractivity contribution in [2.75, 3.05) is 0 Å². The second-order valence-corrected chi connectivity index (χ2v) is 8.25. The second kappa shape index (κ2) is 2.48. The molecule has 0 aromatic rings. The molecule has 6 fully saturated rings. The van der Waals surface area contributed by atoms with Gasteiger partial charge in [0.15, 0.2) is 0 Å². The molecule has 6 aliphatic rings. The van der Waals surface area contributed by atoms with Crippen molar-refractivity contribution < 1.29 is 4.74 Å². The van der Waals surface area contributed by atoms with Crippen LogP contribution in [0.3, 0.4) is 0 Å². The van der Waals surface area contributed by atoms with Crippen LogP contribution in [0.1, 0.15) is 32.6 Å². The van der Waals surface area contributed by atoms with Gasteiger partial charge in [0.1, 0.15) is 0 Å². The van der Waals surface area contributed by atoms with Crippen LogP contribution in [0.15, 0.2) is 0 Å². The van der Waals surface area contributed by atoms with Crippen molar-refractivity contribution in [3.05, 3.63) is 0 Å². The van der Waals surface area contributed by atoms with Crippen LogP contribution in [0.5, 0.6) is 0 Å². The monoisotopic (exact) mass is 230 g/mol. The normalized spacial score (nSPS) is 77.1. The maximum Gasteiger partial charge on any atom is 0.0875 e. The lowest BCUT2D eigenvalue weighted by molar-refractivity contribution is 0.0832. The van der Waals surface area contributed by atoms with E-state index in [0.717, 1.165) is 65.5 Å². The topological polar surface area (TPSA) is 12.5 Å². The molecule has 0 amide bonds. The lowest BCUT2D eigenvalue weighted by atomic mass is 9.64. The largest absolute Gasteiger partial charge is 0.369 e. The third-order valence-corrected chi connectivity index (χ3v) is 7.91. The lowest BCUT2D eigenvalue weighted by Gasteiger charge is -2.39. The van der Waals surface area contributed by atoms with E-state index in [0.29, 0.717) is 0 Å². The number of fused-ring (bicyclic) bond motifs is 15. The summed E-state index contributed by atoms with van der Waals surface area (Å²) < 4.78 is 5.94. The summed E-state index contributed by atoms with van der Waals surface area (Å²) in [7, 11) is 0. The first kappa shape index (κ1) is 8.96. The highest BCUT2D eigenvalue weighted by Crippen LogP contribution is 2.76. The molecule has 10 unspecified atom stereocenters. The maximum atomic E-state index is 5.94. The fraction of sp³-hybridized carbons (Fsp3) is 1.00. The molecule has 5 saturated carbocycles. The zero-order valence-corrected chi connectivity index (χ0v) is 10.6. The molecule has 0 aromatic heterocycles. The van der Waals surface area contributed by atoms with Crippen molar-refractivity contribution in [2.24, 2.45) is 53.3 Å². The fourth-order valence-electron chi connectivity index (χ4n) is 7.85. The van der Waals surface area contributed by atoms with E-state index < -0.39 is 0 Å². The highest BCUT2D eigenvalue weighted by Gasteiger charge is 2.75. The van der Waals surface area contributed by atoms with Crippen molar-refractivity contribution in [3.63, 3.8) is 0 Å². The Kier molecular flexibility index (Phi) is 1.31. The molecule has 1 saturated heterocycles. The van der Waals surface area contributed by atoms with Crippen LogP contribution in [0.2, 0.25) is 0 Å². The average molecular weight is 230 g/mol. The first-order chi connectivity index (χ1) is 8.33. The van der Waals surface area contributed by atoms with Crippen LogP contribution in [-0.4, -0.2) is 12.2 Å². The van der Waals surface area contributed by atoms with Crippen LogP contribution in [0, 0.1) is 53.3 Å². The van der Waals surface area contributed by atoms with E-state index in [1.165, 1.54) is 0 Å². The van der Waals surface area contributed by atoms with Gasteiger partial charge in [-0.05, 0) is 78.9 Å². The van der Waals surface area contributed by atoms with Gasteiger partial charge in [0.25, 0.3) is 0 Å². The molecule has 1 nitrogen and oxygen atoms in total. The Morgan fingerprint density at radius 3 is 1.76 bits per heavy atom. The van der Waals surface area contributed by atoms with Crippen LogP contribution in [0.25, 0.3) is 0 Å². The van der Waals surface area contributed by atoms with E-state index in [2.05, 4.69) is 6.92 Å². The van der Waals surface area contributed by atoms with Gasteiger partial charge in [0.2, 0.25) is 0 Å². The number of ether oxygens (including phenoxy) is 1. The molecule has 5 aliphatic carbocycles. The molecule has 6 rings (SSSR count). The minimum atomic E-state index is 0.748. The molecule has 1 heteroatoms. The van der Waals surface area contributed by atoms with E-state index in [1.807, 2.05) is 0 Å². The summed E-state index contributed by atoms with van der Waals surface area (Å²) in [6, 6.07) is 0. The Morgan fingerprint density at radius 1 is 0.647 bits per heavy atom. The highest BCUT2D eigenvalue weighted by molar-refractivity contribution is 5.22. The van der Waals surface area contributed by atoms with Crippen molar-refractivity contribution in [1.29, 1.82) is 0 Å². The van der Waals surface area contributed by atoms with Crippen molar-refractivity contribution in [2.45, 2.75) is 44.8 Å². The third kappa shape index (κ3) is 0.810. The predicted molar refractivity (Wildman–Crippen MR) is 64.2 cm³/mol. The third-order valence-electron chi connectivity index (χ3n) is 7.91. The predicted octanol–water partition coefficient (Wildman–Crippen LogP) is 2.95. The van der Waals surface area contributed by atoms with Gasteiger partial charge in [-0.1, -0.05) is 6.92 Å². The summed E-state index contributed by atoms with van der Waals surface area (Å²) >= 11 is 0. The van der Waals surface area contributed by atoms with Gasteiger partial charge in [-0.25, -0.2) is 0 Å². The van der Waals surface area contributed by atoms with Gasteiger partial charge in [0.05, 0.1) is 12.2 Å². The van der Waals surface area contributed by atoms with E-state index in [4.69, 9.17) is 4.74 Å². The van der Waals surface area contributed by atoms with Gasteiger partial charge in [0, 0.05) is 0 Å². The zero-order chi connectivity index (χ0) is 10.9. The van der Waals surface area contributed by atoms with E-state index in [-0.39, 0.29) is 0 Å². The molecule has 1 heterocycles. The minimum absolute atomic E-state index is 0.748. The number of epoxide rings is 1. The van der Waals surface area contributed by atoms with Gasteiger partial charge in [-0.3, -0.25) is 0 Å². The Bertz CT molecular complexity index is 370. The molecular formula is C16H22O. The highest BCUT2D eigenvalue weighted by atomic mass is 16.6. The molecule has 10 atom stereocenters. The molecule has 1 aliphatic heterocycles. The minimum Gasteiger partial charge on any atom is -0.369 e. The van der Waals surface area contributed by atoms with Gasteiger partial charge in [-0.15, -0.1) is 0 Å². The molecule has 0 spiro atoms. The number of hydrogen-bond donors (Lipinski definition) is 0. The van der Waals surface area contributed by atoms with Crippen LogP contribution < -0.4 is 0 Å². The smallest absolute Gasteiger partial charge is 0.0875 e. The fourth-order valence-corrected chi connectivity index (χ4v) is 7.85. The van der Waals surface area contributed by atoms with Gasteiger partial charge < -0.3 is 4.74 Å². The Hall–Kier alpha value is -0.0400. The SMILES string of the molecule is CC1CC2C(C1)C1CC2C2C3CC(C4OC34)C12. The molecule has 92 valence electrons. The summed E-state index contributed by atoms with van der Waals surface area (Å²) in [6.45, 7) is 2.50. The Balaban J connectivity index is 1.44. The first-order valence-corrected chi connectivity index (χ1v) is 7.98. The molecular weight excluding hydrogens is 208 g/mol. The van der Waals surface area contributed by atoms with Crippen molar-refractivity contribution in [1.82, 2.24) is 0 Å². The summed E-state index contributed by atoms with van der Waals surface area (Å²) in [5.41, 5.74) is 0. The molecule has 0 radical (unpaired) electrons. The Labute approximate surface area is 103 Å². The Morgan fingerprint density at radius 2 is 1.18 bits per heavy atom. The summed E-state index contributed by atoms with van der Waals surface area (Å²) in [6.07, 6.45) is 7.83. The summed E-state index contributed by atoms with van der Waals surface area (Å²) in [4.78, 5) is 0. The van der Waals surface area contributed by atoms with E-state index in [1.54, 1.807) is 25.7 Å². The van der Waals surface area contributed by atoms with Crippen LogP contribution in [-0.2, 0) is 4.74 Å². The summed E-state index contributed by atoms with van der Waals surface area (Å²) in [5, 5.41) is 0. The molecule has 4 bridgehead atoms. The van der Waals surface area contributed by atoms with Gasteiger partial charge in [-0.2, -0.15) is 0 Å². The van der Waals surface area contributed by atoms with Gasteiger partial charge >= 0.3 is 0 Å². The quantitative estimate of drug-likeness (QED) is 0.460. The van der Waals surface area contributed by atoms with Crippen molar-refractivity contribution >= 4 is 0 Å². The first-order valence-electron chi connectivity index (χ1n) is 7.98. The average Bonchev–Trinajstić information content (AvgIpc) is 2.73. The zero-order valence-electron chi connectivity index (χ0n) is 10.6. The molecule has 0 N–H and O–H groups in total. The second-order valence-electron chi connectivity index (χ2n) is 8.25. The summed E-state index contributed by atoms with van der Waals surface area (Å²) in [5.74, 6) is 9.89. The van der Waals surface area contributed by atoms with E-state index >= 15 is 0 Å². The number of hydrogen-bond acceptors (Lipinski definition) is 1. The molecule has 17 heavy (non-hydrogen) atoms. The molecule has 0 aromatic carbocycles. The van der Waals surface area contributed by atoms with Crippen LogP contribution >= 0.6 is 0 Å². The lowest BCUT2D eigenvalue weighted by Crippen LogP contribution is -2.38. The standard InChI is InChI=1S/C16H22O/c1-6-2-7-8(3-6)10-4-9(7)13-11-5-12(14(10)13)16-15(11)17-16/h6-16H,2-5H2,1H3. The number of rotatable bonds is 0. The van der Waals surface area contributed by atoms with Crippen molar-refractivity contribution in [3.8, 4) is 0 Å². The van der Waals surface area contributed by atoms with Crippen LogP contribution in [0.4, 0.5) is 0 Å². The maximum absolute atomic E-state index is 5.94.